The number of allylic oxidation sites excluding steroid dienone is 2. The van der Waals surface area contributed by atoms with Gasteiger partial charge in [0.1, 0.15) is 0 Å². The molecule has 0 rings (SSSR count). The number of rotatable bonds is 7. The van der Waals surface area contributed by atoms with Crippen LogP contribution in [0.25, 0.3) is 0 Å². The second-order valence-electron chi connectivity index (χ2n) is 5.14. The van der Waals surface area contributed by atoms with E-state index in [0.717, 1.165) is 17.4 Å². The molecule has 0 radical (unpaired) electrons. The standard InChI is InChI=1S/C13H22N2O2.ClH/c1-11(2)12(16)7-8-13(17)14-9-6-10-15(3,4)5;/h7-8H,1,6,9-10H2,2-5H3;1H. The maximum Gasteiger partial charge on any atom is 0.244 e. The number of quaternary nitrogens is 1. The number of nitrogens with zero attached hydrogens (tertiary/aromatic N) is 1. The van der Waals surface area contributed by atoms with E-state index in [1.807, 2.05) is 0 Å². The quantitative estimate of drug-likeness (QED) is 0.329. The zero-order valence-corrected chi connectivity index (χ0v) is 12.4. The van der Waals surface area contributed by atoms with Crippen molar-refractivity contribution in [1.29, 1.82) is 0 Å². The molecule has 4 nitrogen and oxygen atoms in total. The van der Waals surface area contributed by atoms with Crippen molar-refractivity contribution in [2.75, 3.05) is 34.2 Å². The zero-order chi connectivity index (χ0) is 13.5. The van der Waals surface area contributed by atoms with Gasteiger partial charge in [-0.1, -0.05) is 6.58 Å². The fourth-order valence-electron chi connectivity index (χ4n) is 1.12. The van der Waals surface area contributed by atoms with Gasteiger partial charge < -0.3 is 22.2 Å². The molecule has 0 aromatic rings. The van der Waals surface area contributed by atoms with Crippen LogP contribution in [0.3, 0.4) is 0 Å². The van der Waals surface area contributed by atoms with Crippen molar-refractivity contribution < 1.29 is 26.5 Å². The monoisotopic (exact) mass is 274 g/mol. The molecule has 0 saturated heterocycles. The number of carbonyl (C=O) groups is 2. The fourth-order valence-corrected chi connectivity index (χ4v) is 1.12. The number of hydrogen-bond acceptors (Lipinski definition) is 2. The summed E-state index contributed by atoms with van der Waals surface area (Å²) < 4.78 is 0.875. The molecular formula is C13H23ClN2O2. The SMILES string of the molecule is C=C(C)C(=O)C=CC(=O)NCCC[N+](C)(C)C.[Cl-]. The van der Waals surface area contributed by atoms with E-state index in [-0.39, 0.29) is 24.1 Å². The zero-order valence-electron chi connectivity index (χ0n) is 11.6. The number of hydrogen-bond donors (Lipinski definition) is 1. The third-order valence-corrected chi connectivity index (χ3v) is 2.11. The van der Waals surface area contributed by atoms with Crippen molar-refractivity contribution in [3.05, 3.63) is 24.3 Å². The van der Waals surface area contributed by atoms with Gasteiger partial charge >= 0.3 is 0 Å². The molecular weight excluding hydrogens is 252 g/mol. The summed E-state index contributed by atoms with van der Waals surface area (Å²) in [7, 11) is 6.31. The number of carbonyl (C=O) groups excluding carboxylic acids is 2. The lowest BCUT2D eigenvalue weighted by molar-refractivity contribution is -0.870. The second-order valence-corrected chi connectivity index (χ2v) is 5.14. The Morgan fingerprint density at radius 3 is 2.22 bits per heavy atom. The molecule has 0 unspecified atom stereocenters. The molecule has 0 aliphatic heterocycles. The van der Waals surface area contributed by atoms with E-state index < -0.39 is 0 Å². The molecule has 0 aromatic heterocycles. The topological polar surface area (TPSA) is 46.2 Å². The smallest absolute Gasteiger partial charge is 0.244 e. The maximum absolute atomic E-state index is 11.3. The van der Waals surface area contributed by atoms with E-state index in [1.165, 1.54) is 12.2 Å². The average molecular weight is 275 g/mol. The van der Waals surface area contributed by atoms with Crippen LogP contribution in [0.2, 0.25) is 0 Å². The third kappa shape index (κ3) is 11.4. The molecule has 0 spiro atoms. The van der Waals surface area contributed by atoms with Crippen LogP contribution in [0.4, 0.5) is 0 Å². The van der Waals surface area contributed by atoms with E-state index in [1.54, 1.807) is 6.92 Å². The van der Waals surface area contributed by atoms with Crippen LogP contribution in [-0.4, -0.2) is 50.4 Å². The van der Waals surface area contributed by atoms with Crippen LogP contribution in [0.5, 0.6) is 0 Å². The van der Waals surface area contributed by atoms with Crippen molar-refractivity contribution >= 4 is 11.7 Å². The highest BCUT2D eigenvalue weighted by Crippen LogP contribution is 1.93. The van der Waals surface area contributed by atoms with Gasteiger partial charge in [-0.25, -0.2) is 0 Å². The summed E-state index contributed by atoms with van der Waals surface area (Å²) in [5, 5.41) is 2.73. The third-order valence-electron chi connectivity index (χ3n) is 2.11. The van der Waals surface area contributed by atoms with Gasteiger partial charge in [0.2, 0.25) is 5.91 Å². The van der Waals surface area contributed by atoms with Gasteiger partial charge in [0.05, 0.1) is 27.7 Å². The highest BCUT2D eigenvalue weighted by atomic mass is 35.5. The largest absolute Gasteiger partial charge is 1.00 e. The molecule has 104 valence electrons. The first-order chi connectivity index (χ1) is 7.72. The highest BCUT2D eigenvalue weighted by molar-refractivity contribution is 6.06. The van der Waals surface area contributed by atoms with Crippen molar-refractivity contribution in [3.63, 3.8) is 0 Å². The summed E-state index contributed by atoms with van der Waals surface area (Å²) >= 11 is 0. The molecule has 0 aliphatic carbocycles. The van der Waals surface area contributed by atoms with E-state index in [0.29, 0.717) is 12.1 Å². The minimum Gasteiger partial charge on any atom is -1.00 e. The van der Waals surface area contributed by atoms with Crippen LogP contribution in [-0.2, 0) is 9.59 Å². The molecule has 0 atom stereocenters. The minimum absolute atomic E-state index is 0. The number of amides is 1. The first-order valence-corrected chi connectivity index (χ1v) is 5.68. The van der Waals surface area contributed by atoms with Crippen LogP contribution >= 0.6 is 0 Å². The van der Waals surface area contributed by atoms with Gasteiger partial charge in [0.25, 0.3) is 0 Å². The van der Waals surface area contributed by atoms with Crippen molar-refractivity contribution in [2.45, 2.75) is 13.3 Å². The summed E-state index contributed by atoms with van der Waals surface area (Å²) in [5.74, 6) is -0.451. The van der Waals surface area contributed by atoms with Crippen LogP contribution in [0, 0.1) is 0 Å². The summed E-state index contributed by atoms with van der Waals surface area (Å²) in [6, 6.07) is 0. The van der Waals surface area contributed by atoms with Gasteiger partial charge in [0, 0.05) is 19.0 Å². The van der Waals surface area contributed by atoms with Crippen LogP contribution < -0.4 is 17.7 Å². The van der Waals surface area contributed by atoms with E-state index in [4.69, 9.17) is 0 Å². The highest BCUT2D eigenvalue weighted by Gasteiger charge is 2.06. The van der Waals surface area contributed by atoms with E-state index in [2.05, 4.69) is 33.0 Å². The molecule has 1 N–H and O–H groups in total. The molecule has 0 aliphatic rings. The lowest BCUT2D eigenvalue weighted by Crippen LogP contribution is -3.00. The van der Waals surface area contributed by atoms with Gasteiger partial charge in [-0.3, -0.25) is 9.59 Å². The molecule has 18 heavy (non-hydrogen) atoms. The Morgan fingerprint density at radius 2 is 1.78 bits per heavy atom. The molecule has 0 heterocycles. The predicted octanol–water partition coefficient (Wildman–Crippen LogP) is -2.10. The van der Waals surface area contributed by atoms with Crippen LogP contribution in [0.15, 0.2) is 24.3 Å². The Kier molecular flexibility index (Phi) is 9.49. The van der Waals surface area contributed by atoms with E-state index in [9.17, 15) is 9.59 Å². The van der Waals surface area contributed by atoms with Crippen molar-refractivity contribution in [2.24, 2.45) is 0 Å². The molecule has 0 saturated carbocycles. The van der Waals surface area contributed by atoms with Gasteiger partial charge in [-0.2, -0.15) is 0 Å². The molecule has 0 fully saturated rings. The molecule has 0 bridgehead atoms. The van der Waals surface area contributed by atoms with Gasteiger partial charge in [0.15, 0.2) is 5.78 Å². The number of halogens is 1. The minimum atomic E-state index is -0.235. The average Bonchev–Trinajstić information content (AvgIpc) is 2.19. The Balaban J connectivity index is 0. The summed E-state index contributed by atoms with van der Waals surface area (Å²) in [6.45, 7) is 6.74. The Labute approximate surface area is 116 Å². The lowest BCUT2D eigenvalue weighted by Gasteiger charge is -2.23. The number of nitrogens with one attached hydrogen (secondary N) is 1. The summed E-state index contributed by atoms with van der Waals surface area (Å²) in [5.41, 5.74) is 0.430. The summed E-state index contributed by atoms with van der Waals surface area (Å²) in [6.07, 6.45) is 3.41. The van der Waals surface area contributed by atoms with Crippen LogP contribution in [0.1, 0.15) is 13.3 Å². The van der Waals surface area contributed by atoms with Crippen molar-refractivity contribution in [1.82, 2.24) is 5.32 Å². The molecule has 0 aromatic carbocycles. The van der Waals surface area contributed by atoms with Crippen molar-refractivity contribution in [3.8, 4) is 0 Å². The lowest BCUT2D eigenvalue weighted by atomic mass is 10.2. The Bertz CT molecular complexity index is 330. The first kappa shape index (κ1) is 19.2. The fraction of sp³-hybridized carbons (Fsp3) is 0.538. The molecule has 5 heteroatoms. The first-order valence-electron chi connectivity index (χ1n) is 5.68. The van der Waals surface area contributed by atoms with Gasteiger partial charge in [-0.05, 0) is 18.6 Å². The summed E-state index contributed by atoms with van der Waals surface area (Å²) in [4.78, 5) is 22.4. The Morgan fingerprint density at radius 1 is 1.22 bits per heavy atom. The predicted molar refractivity (Wildman–Crippen MR) is 69.5 cm³/mol. The number of ketones is 1. The molecule has 1 amide bonds. The Hall–Kier alpha value is -1.13. The normalized spacial score (nSPS) is 10.9. The second kappa shape index (κ2) is 8.89. The maximum atomic E-state index is 11.3. The van der Waals surface area contributed by atoms with Gasteiger partial charge in [-0.15, -0.1) is 0 Å². The van der Waals surface area contributed by atoms with E-state index >= 15 is 0 Å².